The van der Waals surface area contributed by atoms with Crippen LogP contribution in [0.5, 0.6) is 0 Å². The summed E-state index contributed by atoms with van der Waals surface area (Å²) in [5, 5.41) is 0. The van der Waals surface area contributed by atoms with Crippen LogP contribution in [0.1, 0.15) is 44.7 Å². The van der Waals surface area contributed by atoms with Crippen molar-refractivity contribution in [1.29, 1.82) is 0 Å². The molecular weight excluding hydrogens is 274 g/mol. The number of fused-ring (bicyclic) bond motifs is 2. The molecule has 0 aromatic heterocycles. The Bertz CT molecular complexity index is 631. The molecule has 0 saturated carbocycles. The maximum atomic E-state index is 2.33. The first kappa shape index (κ1) is 16.0. The number of hydrogen-bond acceptors (Lipinski definition) is 2. The van der Waals surface area contributed by atoms with Crippen LogP contribution in [-0.4, -0.2) is 7.05 Å². The predicted octanol–water partition coefficient (Wildman–Crippen LogP) is 6.38. The van der Waals surface area contributed by atoms with Crippen LogP contribution in [-0.2, 0) is 0 Å². The third-order valence-electron chi connectivity index (χ3n) is 3.71. The molecule has 0 N–H and O–H groups in total. The lowest BCUT2D eigenvalue weighted by Crippen LogP contribution is -2.15. The fraction of sp³-hybridized carbons (Fsp3) is 0.368. The minimum absolute atomic E-state index is 0.572. The van der Waals surface area contributed by atoms with Gasteiger partial charge in [0.2, 0.25) is 0 Å². The Morgan fingerprint density at radius 1 is 0.905 bits per heavy atom. The third kappa shape index (κ3) is 3.11. The fourth-order valence-corrected chi connectivity index (χ4v) is 3.70. The number of nitrogens with zero attached hydrogens (tertiary/aromatic N) is 1. The Morgan fingerprint density at radius 3 is 2.29 bits per heavy atom. The van der Waals surface area contributed by atoms with E-state index in [4.69, 9.17) is 0 Å². The second kappa shape index (κ2) is 6.57. The van der Waals surface area contributed by atoms with Gasteiger partial charge in [0, 0.05) is 16.8 Å². The van der Waals surface area contributed by atoms with E-state index in [0.29, 0.717) is 5.92 Å². The van der Waals surface area contributed by atoms with Crippen LogP contribution in [0.25, 0.3) is 0 Å². The van der Waals surface area contributed by atoms with Gasteiger partial charge in [-0.2, -0.15) is 0 Å². The van der Waals surface area contributed by atoms with Gasteiger partial charge in [0.1, 0.15) is 0 Å². The number of anilines is 2. The van der Waals surface area contributed by atoms with Crippen LogP contribution >= 0.6 is 11.8 Å². The van der Waals surface area contributed by atoms with Crippen LogP contribution < -0.4 is 4.90 Å². The molecule has 0 fully saturated rings. The Morgan fingerprint density at radius 2 is 1.62 bits per heavy atom. The molecule has 2 heteroatoms. The van der Waals surface area contributed by atoms with Gasteiger partial charge in [0.15, 0.2) is 0 Å². The summed E-state index contributed by atoms with van der Waals surface area (Å²) in [5.74, 6) is 0.572. The zero-order valence-corrected chi connectivity index (χ0v) is 14.7. The summed E-state index contributed by atoms with van der Waals surface area (Å²) in [6.07, 6.45) is 0. The first-order chi connectivity index (χ1) is 10.1. The normalized spacial score (nSPS) is 12.4. The van der Waals surface area contributed by atoms with Crippen molar-refractivity contribution < 1.29 is 0 Å². The zero-order valence-electron chi connectivity index (χ0n) is 13.9. The van der Waals surface area contributed by atoms with E-state index >= 15 is 0 Å². The summed E-state index contributed by atoms with van der Waals surface area (Å²) in [7, 11) is 2.16. The molecular formula is C19H25NS. The Kier molecular flexibility index (Phi) is 5.00. The molecule has 0 bridgehead atoms. The minimum atomic E-state index is 0.572. The largest absolute Gasteiger partial charge is 0.343 e. The molecule has 0 spiro atoms. The maximum absolute atomic E-state index is 2.33. The van der Waals surface area contributed by atoms with Crippen molar-refractivity contribution in [3.05, 3.63) is 47.5 Å². The fourth-order valence-electron chi connectivity index (χ4n) is 2.47. The van der Waals surface area contributed by atoms with Gasteiger partial charge in [-0.15, -0.1) is 0 Å². The number of rotatable bonds is 1. The molecule has 1 heterocycles. The van der Waals surface area contributed by atoms with E-state index in [1.54, 1.807) is 0 Å². The highest BCUT2D eigenvalue weighted by molar-refractivity contribution is 7.99. The quantitative estimate of drug-likeness (QED) is 0.601. The highest BCUT2D eigenvalue weighted by atomic mass is 32.2. The zero-order chi connectivity index (χ0) is 15.6. The standard InChI is InChI=1S/C17H19NS.C2H6/c1-11(2)13-6-8-16-15(10-13)18(4)14-7-5-12(3)9-17(14)19-16;1-2/h5-11H,1-4H3;1-2H3. The summed E-state index contributed by atoms with van der Waals surface area (Å²) in [6, 6.07) is 13.5. The topological polar surface area (TPSA) is 3.24 Å². The average molecular weight is 299 g/mol. The second-order valence-electron chi connectivity index (χ2n) is 5.51. The SMILES string of the molecule is CC.Cc1ccc2c(c1)Sc1ccc(C(C)C)cc1N2C. The summed E-state index contributed by atoms with van der Waals surface area (Å²) in [5.41, 5.74) is 5.36. The monoisotopic (exact) mass is 299 g/mol. The second-order valence-corrected chi connectivity index (χ2v) is 6.60. The van der Waals surface area contributed by atoms with Gasteiger partial charge in [-0.05, 0) is 48.2 Å². The molecule has 0 radical (unpaired) electrons. The van der Waals surface area contributed by atoms with E-state index in [9.17, 15) is 0 Å². The van der Waals surface area contributed by atoms with E-state index in [2.05, 4.69) is 69.1 Å². The van der Waals surface area contributed by atoms with Crippen molar-refractivity contribution in [2.75, 3.05) is 11.9 Å². The van der Waals surface area contributed by atoms with E-state index in [1.807, 2.05) is 25.6 Å². The number of benzene rings is 2. The van der Waals surface area contributed by atoms with E-state index in [1.165, 1.54) is 32.3 Å². The molecule has 2 aromatic rings. The predicted molar refractivity (Wildman–Crippen MR) is 95.2 cm³/mol. The van der Waals surface area contributed by atoms with Crippen LogP contribution in [0.2, 0.25) is 0 Å². The van der Waals surface area contributed by atoms with Gasteiger partial charge in [0.05, 0.1) is 11.4 Å². The van der Waals surface area contributed by atoms with Gasteiger partial charge < -0.3 is 4.90 Å². The Labute approximate surface area is 133 Å². The maximum Gasteiger partial charge on any atom is 0.0553 e. The van der Waals surface area contributed by atoms with Gasteiger partial charge >= 0.3 is 0 Å². The van der Waals surface area contributed by atoms with E-state index < -0.39 is 0 Å². The average Bonchev–Trinajstić information content (AvgIpc) is 2.48. The molecule has 0 amide bonds. The number of hydrogen-bond donors (Lipinski definition) is 0. The van der Waals surface area contributed by atoms with Gasteiger partial charge in [0.25, 0.3) is 0 Å². The van der Waals surface area contributed by atoms with Crippen molar-refractivity contribution in [2.45, 2.75) is 50.3 Å². The van der Waals surface area contributed by atoms with Crippen molar-refractivity contribution in [1.82, 2.24) is 0 Å². The van der Waals surface area contributed by atoms with Crippen LogP contribution in [0.4, 0.5) is 11.4 Å². The van der Waals surface area contributed by atoms with Gasteiger partial charge in [-0.1, -0.05) is 51.6 Å². The van der Waals surface area contributed by atoms with E-state index in [0.717, 1.165) is 0 Å². The molecule has 0 saturated heterocycles. The summed E-state index contributed by atoms with van der Waals surface area (Å²) in [4.78, 5) is 5.02. The molecule has 21 heavy (non-hydrogen) atoms. The molecule has 0 atom stereocenters. The molecule has 0 aliphatic carbocycles. The highest BCUT2D eigenvalue weighted by Crippen LogP contribution is 2.48. The molecule has 2 aromatic carbocycles. The highest BCUT2D eigenvalue weighted by Gasteiger charge is 2.21. The minimum Gasteiger partial charge on any atom is -0.343 e. The summed E-state index contributed by atoms with van der Waals surface area (Å²) in [6.45, 7) is 10.6. The molecule has 112 valence electrons. The van der Waals surface area contributed by atoms with Gasteiger partial charge in [-0.25, -0.2) is 0 Å². The summed E-state index contributed by atoms with van der Waals surface area (Å²) >= 11 is 1.88. The first-order valence-electron chi connectivity index (χ1n) is 7.72. The van der Waals surface area contributed by atoms with Crippen LogP contribution in [0.3, 0.4) is 0 Å². The molecule has 1 nitrogen and oxygen atoms in total. The Hall–Kier alpha value is -1.41. The number of aryl methyl sites for hydroxylation is 1. The lowest BCUT2D eigenvalue weighted by atomic mass is 10.0. The molecule has 3 rings (SSSR count). The van der Waals surface area contributed by atoms with Crippen molar-refractivity contribution in [3.8, 4) is 0 Å². The lowest BCUT2D eigenvalue weighted by Gasteiger charge is -2.30. The van der Waals surface area contributed by atoms with Crippen LogP contribution in [0, 0.1) is 6.92 Å². The first-order valence-corrected chi connectivity index (χ1v) is 8.54. The van der Waals surface area contributed by atoms with E-state index in [-0.39, 0.29) is 0 Å². The lowest BCUT2D eigenvalue weighted by molar-refractivity contribution is 0.863. The Balaban J connectivity index is 0.000000774. The van der Waals surface area contributed by atoms with Gasteiger partial charge in [-0.3, -0.25) is 0 Å². The molecule has 0 unspecified atom stereocenters. The van der Waals surface area contributed by atoms with Crippen molar-refractivity contribution in [2.24, 2.45) is 0 Å². The summed E-state index contributed by atoms with van der Waals surface area (Å²) < 4.78 is 0. The van der Waals surface area contributed by atoms with Crippen molar-refractivity contribution in [3.63, 3.8) is 0 Å². The third-order valence-corrected chi connectivity index (χ3v) is 4.82. The van der Waals surface area contributed by atoms with Crippen LogP contribution in [0.15, 0.2) is 46.2 Å². The molecule has 1 aliphatic rings. The molecule has 1 aliphatic heterocycles. The van der Waals surface area contributed by atoms with Crippen molar-refractivity contribution >= 4 is 23.1 Å². The smallest absolute Gasteiger partial charge is 0.0553 e.